The summed E-state index contributed by atoms with van der Waals surface area (Å²) >= 11 is 3.34. The van der Waals surface area contributed by atoms with E-state index in [0.29, 0.717) is 18.3 Å². The molecule has 4 nitrogen and oxygen atoms in total. The van der Waals surface area contributed by atoms with E-state index in [2.05, 4.69) is 31.5 Å². The summed E-state index contributed by atoms with van der Waals surface area (Å²) in [5.41, 5.74) is 0.446. The minimum absolute atomic E-state index is 0.125. The van der Waals surface area contributed by atoms with Gasteiger partial charge in [0.2, 0.25) is 0 Å². The maximum absolute atomic E-state index is 11.9. The van der Waals surface area contributed by atoms with Crippen LogP contribution < -0.4 is 10.6 Å². The Labute approximate surface area is 128 Å². The summed E-state index contributed by atoms with van der Waals surface area (Å²) in [6.07, 6.45) is 9.53. The van der Waals surface area contributed by atoms with Gasteiger partial charge < -0.3 is 10.6 Å². The molecule has 2 N–H and O–H groups in total. The summed E-state index contributed by atoms with van der Waals surface area (Å²) < 4.78 is 0.731. The first-order chi connectivity index (χ1) is 9.77. The maximum Gasteiger partial charge on any atom is 0.271 e. The van der Waals surface area contributed by atoms with Crippen LogP contribution in [0.2, 0.25) is 0 Å². The van der Waals surface area contributed by atoms with E-state index in [1.54, 1.807) is 12.3 Å². The molecule has 0 spiro atoms. The number of aromatic nitrogens is 1. The number of halogens is 1. The lowest BCUT2D eigenvalue weighted by atomic mass is 10.1. The highest BCUT2D eigenvalue weighted by molar-refractivity contribution is 9.10. The van der Waals surface area contributed by atoms with Crippen molar-refractivity contribution < 1.29 is 4.79 Å². The van der Waals surface area contributed by atoms with Crippen LogP contribution in [-0.2, 0) is 0 Å². The van der Waals surface area contributed by atoms with Gasteiger partial charge in [0.25, 0.3) is 5.91 Å². The second kappa shape index (κ2) is 8.37. The van der Waals surface area contributed by atoms with Crippen LogP contribution in [0.5, 0.6) is 0 Å². The standard InChI is InChI=1S/C15H22BrN3O/c16-13-8-5-9-18-14(13)15(20)19-11-10-17-12-6-3-1-2-4-7-12/h5,8-9,12,17H,1-4,6-7,10-11H2,(H,19,20). The zero-order valence-corrected chi connectivity index (χ0v) is 13.3. The van der Waals surface area contributed by atoms with Gasteiger partial charge in [0, 0.05) is 29.8 Å². The molecule has 0 saturated heterocycles. The van der Waals surface area contributed by atoms with Gasteiger partial charge in [-0.1, -0.05) is 25.7 Å². The third kappa shape index (κ3) is 4.87. The Balaban J connectivity index is 1.68. The molecule has 110 valence electrons. The molecule has 2 rings (SSSR count). The second-order valence-corrected chi connectivity index (χ2v) is 6.09. The lowest BCUT2D eigenvalue weighted by Crippen LogP contribution is -2.37. The first-order valence-electron chi connectivity index (χ1n) is 7.39. The largest absolute Gasteiger partial charge is 0.349 e. The van der Waals surface area contributed by atoms with Crippen molar-refractivity contribution >= 4 is 21.8 Å². The number of carbonyl (C=O) groups is 1. The maximum atomic E-state index is 11.9. The monoisotopic (exact) mass is 339 g/mol. The molecule has 1 heterocycles. The van der Waals surface area contributed by atoms with Crippen LogP contribution in [0.15, 0.2) is 22.8 Å². The van der Waals surface area contributed by atoms with Gasteiger partial charge in [0.15, 0.2) is 0 Å². The van der Waals surface area contributed by atoms with Gasteiger partial charge >= 0.3 is 0 Å². The van der Waals surface area contributed by atoms with Crippen LogP contribution in [0, 0.1) is 0 Å². The highest BCUT2D eigenvalue weighted by atomic mass is 79.9. The van der Waals surface area contributed by atoms with Gasteiger partial charge in [-0.3, -0.25) is 4.79 Å². The predicted octanol–water partition coefficient (Wildman–Crippen LogP) is 2.89. The van der Waals surface area contributed by atoms with Crippen molar-refractivity contribution in [2.45, 2.75) is 44.6 Å². The van der Waals surface area contributed by atoms with Crippen LogP contribution in [0.1, 0.15) is 49.0 Å². The van der Waals surface area contributed by atoms with E-state index in [-0.39, 0.29) is 5.91 Å². The Morgan fingerprint density at radius 1 is 1.25 bits per heavy atom. The Morgan fingerprint density at radius 2 is 2.00 bits per heavy atom. The zero-order valence-electron chi connectivity index (χ0n) is 11.7. The van der Waals surface area contributed by atoms with Crippen LogP contribution >= 0.6 is 15.9 Å². The first-order valence-corrected chi connectivity index (χ1v) is 8.19. The molecule has 0 unspecified atom stereocenters. The average molecular weight is 340 g/mol. The number of hydrogen-bond donors (Lipinski definition) is 2. The number of hydrogen-bond acceptors (Lipinski definition) is 3. The molecular weight excluding hydrogens is 318 g/mol. The minimum Gasteiger partial charge on any atom is -0.349 e. The van der Waals surface area contributed by atoms with Crippen molar-refractivity contribution in [1.82, 2.24) is 15.6 Å². The van der Waals surface area contributed by atoms with Gasteiger partial charge in [0.05, 0.1) is 0 Å². The van der Waals surface area contributed by atoms with Gasteiger partial charge in [0.1, 0.15) is 5.69 Å². The van der Waals surface area contributed by atoms with Crippen LogP contribution in [0.4, 0.5) is 0 Å². The molecule has 1 amide bonds. The van der Waals surface area contributed by atoms with E-state index in [1.807, 2.05) is 6.07 Å². The number of nitrogens with zero attached hydrogens (tertiary/aromatic N) is 1. The Bertz CT molecular complexity index is 431. The lowest BCUT2D eigenvalue weighted by molar-refractivity contribution is 0.0947. The lowest BCUT2D eigenvalue weighted by Gasteiger charge is -2.16. The summed E-state index contributed by atoms with van der Waals surface area (Å²) in [4.78, 5) is 16.0. The van der Waals surface area contributed by atoms with Crippen molar-refractivity contribution in [2.75, 3.05) is 13.1 Å². The SMILES string of the molecule is O=C(NCCNC1CCCCCC1)c1ncccc1Br. The smallest absolute Gasteiger partial charge is 0.271 e. The molecule has 1 fully saturated rings. The third-order valence-electron chi connectivity index (χ3n) is 3.67. The van der Waals surface area contributed by atoms with Crippen molar-refractivity contribution in [3.63, 3.8) is 0 Å². The fourth-order valence-corrected chi connectivity index (χ4v) is 3.01. The number of pyridine rings is 1. The van der Waals surface area contributed by atoms with E-state index in [1.165, 1.54) is 38.5 Å². The van der Waals surface area contributed by atoms with E-state index in [9.17, 15) is 4.79 Å². The molecule has 1 aromatic heterocycles. The highest BCUT2D eigenvalue weighted by Crippen LogP contribution is 2.17. The molecule has 1 saturated carbocycles. The minimum atomic E-state index is -0.125. The molecule has 0 radical (unpaired) electrons. The van der Waals surface area contributed by atoms with Crippen LogP contribution in [0.25, 0.3) is 0 Å². The molecule has 20 heavy (non-hydrogen) atoms. The number of rotatable bonds is 5. The van der Waals surface area contributed by atoms with Gasteiger partial charge in [-0.05, 0) is 40.9 Å². The van der Waals surface area contributed by atoms with Gasteiger partial charge in [-0.25, -0.2) is 4.98 Å². The molecule has 1 aromatic rings. The fourth-order valence-electron chi connectivity index (χ4n) is 2.57. The van der Waals surface area contributed by atoms with Gasteiger partial charge in [-0.15, -0.1) is 0 Å². The van der Waals surface area contributed by atoms with Crippen molar-refractivity contribution in [1.29, 1.82) is 0 Å². The van der Waals surface area contributed by atoms with E-state index < -0.39 is 0 Å². The van der Waals surface area contributed by atoms with E-state index in [4.69, 9.17) is 0 Å². The number of carbonyl (C=O) groups excluding carboxylic acids is 1. The Hall–Kier alpha value is -0.940. The van der Waals surface area contributed by atoms with Gasteiger partial charge in [-0.2, -0.15) is 0 Å². The normalized spacial score (nSPS) is 16.6. The first kappa shape index (κ1) is 15.4. The van der Waals surface area contributed by atoms with Crippen LogP contribution in [-0.4, -0.2) is 30.0 Å². The molecule has 1 aliphatic rings. The van der Waals surface area contributed by atoms with Crippen molar-refractivity contribution in [2.24, 2.45) is 0 Å². The van der Waals surface area contributed by atoms with E-state index in [0.717, 1.165) is 11.0 Å². The van der Waals surface area contributed by atoms with Crippen molar-refractivity contribution in [3.05, 3.63) is 28.5 Å². The Kier molecular flexibility index (Phi) is 6.47. The van der Waals surface area contributed by atoms with Crippen molar-refractivity contribution in [3.8, 4) is 0 Å². The summed E-state index contributed by atoms with van der Waals surface area (Å²) in [5, 5.41) is 6.44. The third-order valence-corrected chi connectivity index (χ3v) is 4.31. The molecule has 0 bridgehead atoms. The number of amides is 1. The summed E-state index contributed by atoms with van der Waals surface area (Å²) in [5.74, 6) is -0.125. The zero-order chi connectivity index (χ0) is 14.2. The molecular formula is C15H22BrN3O. The quantitative estimate of drug-likeness (QED) is 0.640. The number of nitrogens with one attached hydrogen (secondary N) is 2. The molecule has 5 heteroatoms. The topological polar surface area (TPSA) is 54.0 Å². The molecule has 1 aliphatic carbocycles. The molecule has 0 atom stereocenters. The second-order valence-electron chi connectivity index (χ2n) is 5.23. The Morgan fingerprint density at radius 3 is 2.70 bits per heavy atom. The predicted molar refractivity (Wildman–Crippen MR) is 83.8 cm³/mol. The van der Waals surface area contributed by atoms with E-state index >= 15 is 0 Å². The summed E-state index contributed by atoms with van der Waals surface area (Å²) in [6, 6.07) is 4.25. The molecule has 0 aliphatic heterocycles. The molecule has 0 aromatic carbocycles. The van der Waals surface area contributed by atoms with Crippen LogP contribution in [0.3, 0.4) is 0 Å². The summed E-state index contributed by atoms with van der Waals surface area (Å²) in [7, 11) is 0. The highest BCUT2D eigenvalue weighted by Gasteiger charge is 2.12. The summed E-state index contributed by atoms with van der Waals surface area (Å²) in [6.45, 7) is 1.46. The fraction of sp³-hybridized carbons (Fsp3) is 0.600. The average Bonchev–Trinajstić information content (AvgIpc) is 2.72.